The van der Waals surface area contributed by atoms with Gasteiger partial charge >= 0.3 is 11.7 Å². The maximum atomic E-state index is 13.9. The number of amides is 1. The first-order chi connectivity index (χ1) is 19.6. The Labute approximate surface area is 236 Å². The summed E-state index contributed by atoms with van der Waals surface area (Å²) in [6.07, 6.45) is 3.54. The molecule has 4 heterocycles. The maximum Gasteiger partial charge on any atom is 0.332 e. The number of likely N-dealkylation sites (tertiary alicyclic amines) is 1. The third-order valence-electron chi connectivity index (χ3n) is 6.70. The quantitative estimate of drug-likeness (QED) is 0.310. The summed E-state index contributed by atoms with van der Waals surface area (Å²) in [6, 6.07) is 3.34. The Balaban J connectivity index is 0.000000585. The van der Waals surface area contributed by atoms with E-state index in [-0.39, 0.29) is 31.9 Å². The van der Waals surface area contributed by atoms with Gasteiger partial charge < -0.3 is 19.8 Å². The van der Waals surface area contributed by atoms with Crippen molar-refractivity contribution in [3.63, 3.8) is 0 Å². The van der Waals surface area contributed by atoms with Gasteiger partial charge in [0, 0.05) is 25.7 Å². The zero-order valence-electron chi connectivity index (χ0n) is 22.6. The molecule has 0 spiro atoms. The SMILES string of the molecule is COc1ccc(F)cc1CCn1c(=O)n(C2CCN(C)C2=O)c(=O)c2c(C)c(-n3nccn3)sc21.O=C(O)CCO. The van der Waals surface area contributed by atoms with Crippen LogP contribution in [0.5, 0.6) is 5.75 Å². The number of aliphatic hydroxyl groups excluding tert-OH is 1. The molecule has 1 amide bonds. The smallest absolute Gasteiger partial charge is 0.332 e. The van der Waals surface area contributed by atoms with Crippen LogP contribution in [-0.2, 0) is 22.6 Å². The van der Waals surface area contributed by atoms with Crippen molar-refractivity contribution >= 4 is 33.4 Å². The molecule has 15 heteroatoms. The second kappa shape index (κ2) is 12.4. The molecule has 41 heavy (non-hydrogen) atoms. The molecular formula is C26H29FN6O7S. The van der Waals surface area contributed by atoms with Gasteiger partial charge in [0.1, 0.15) is 27.4 Å². The predicted molar refractivity (Wildman–Crippen MR) is 147 cm³/mol. The molecule has 13 nitrogen and oxygen atoms in total. The summed E-state index contributed by atoms with van der Waals surface area (Å²) in [5.74, 6) is -1.15. The van der Waals surface area contributed by atoms with Crippen molar-refractivity contribution in [3.8, 4) is 10.8 Å². The van der Waals surface area contributed by atoms with Gasteiger partial charge in [0.25, 0.3) is 5.56 Å². The summed E-state index contributed by atoms with van der Waals surface area (Å²) in [5, 5.41) is 24.9. The molecule has 1 saturated heterocycles. The minimum absolute atomic E-state index is 0.151. The summed E-state index contributed by atoms with van der Waals surface area (Å²) in [4.78, 5) is 52.9. The Morgan fingerprint density at radius 3 is 2.49 bits per heavy atom. The van der Waals surface area contributed by atoms with E-state index in [1.54, 1.807) is 14.0 Å². The Hall–Kier alpha value is -4.37. The number of aliphatic carboxylic acids is 1. The Morgan fingerprint density at radius 2 is 1.93 bits per heavy atom. The van der Waals surface area contributed by atoms with Crippen molar-refractivity contribution < 1.29 is 28.9 Å². The molecule has 5 rings (SSSR count). The second-order valence-corrected chi connectivity index (χ2v) is 10.3. The lowest BCUT2D eigenvalue weighted by molar-refractivity contribution is -0.137. The summed E-state index contributed by atoms with van der Waals surface area (Å²) in [7, 11) is 3.15. The molecule has 0 aliphatic carbocycles. The van der Waals surface area contributed by atoms with Crippen LogP contribution in [0.4, 0.5) is 4.39 Å². The first-order valence-electron chi connectivity index (χ1n) is 12.6. The highest BCUT2D eigenvalue weighted by atomic mass is 32.1. The number of carboxylic acid groups (broad SMARTS) is 1. The number of nitrogens with zero attached hydrogens (tertiary/aromatic N) is 6. The van der Waals surface area contributed by atoms with Crippen LogP contribution >= 0.6 is 11.3 Å². The number of halogens is 1. The zero-order valence-corrected chi connectivity index (χ0v) is 23.4. The molecule has 1 aromatic carbocycles. The van der Waals surface area contributed by atoms with E-state index >= 15 is 0 Å². The standard InChI is InChI=1S/C23H23FN6O4S.C3H6O3/c1-13-18-20(32)29(16-7-10-27(2)19(16)31)23(33)28(22(18)35-21(13)30-25-8-9-26-30)11-6-14-12-15(24)4-5-17(14)34-3;4-2-1-3(5)6/h4-5,8-9,12,16H,6-7,10-11H2,1-3H3;4H,1-2H2,(H,5,6). The van der Waals surface area contributed by atoms with Crippen LogP contribution in [-0.4, -0.2) is 78.4 Å². The van der Waals surface area contributed by atoms with Crippen molar-refractivity contribution in [2.24, 2.45) is 0 Å². The summed E-state index contributed by atoms with van der Waals surface area (Å²) in [5.41, 5.74) is 0.123. The number of likely N-dealkylation sites (N-methyl/N-ethyl adjacent to an activating group) is 1. The fourth-order valence-corrected chi connectivity index (χ4v) is 5.89. The lowest BCUT2D eigenvalue weighted by Crippen LogP contribution is -2.44. The molecule has 1 atom stereocenters. The number of aryl methyl sites for hydroxylation is 3. The van der Waals surface area contributed by atoms with Gasteiger partial charge in [0.05, 0.1) is 37.9 Å². The second-order valence-electron chi connectivity index (χ2n) is 9.28. The van der Waals surface area contributed by atoms with Gasteiger partial charge in [0.15, 0.2) is 0 Å². The Bertz CT molecular complexity index is 1700. The van der Waals surface area contributed by atoms with Gasteiger partial charge in [0.2, 0.25) is 5.91 Å². The number of hydrogen-bond donors (Lipinski definition) is 2. The van der Waals surface area contributed by atoms with E-state index in [0.717, 1.165) is 4.57 Å². The number of hydrogen-bond acceptors (Lipinski definition) is 9. The first kappa shape index (κ1) is 29.6. The third-order valence-corrected chi connectivity index (χ3v) is 7.98. The molecule has 1 unspecified atom stereocenters. The molecule has 0 bridgehead atoms. The lowest BCUT2D eigenvalue weighted by atomic mass is 10.1. The molecular weight excluding hydrogens is 559 g/mol. The summed E-state index contributed by atoms with van der Waals surface area (Å²) in [6.45, 7) is 2.11. The largest absolute Gasteiger partial charge is 0.496 e. The van der Waals surface area contributed by atoms with E-state index in [9.17, 15) is 23.6 Å². The van der Waals surface area contributed by atoms with Crippen molar-refractivity contribution in [2.75, 3.05) is 27.3 Å². The number of benzene rings is 1. The van der Waals surface area contributed by atoms with E-state index in [1.807, 2.05) is 0 Å². The molecule has 0 radical (unpaired) electrons. The van der Waals surface area contributed by atoms with Gasteiger partial charge in [-0.25, -0.2) is 13.8 Å². The van der Waals surface area contributed by atoms with Crippen LogP contribution in [0.3, 0.4) is 0 Å². The van der Waals surface area contributed by atoms with E-state index in [2.05, 4.69) is 10.2 Å². The number of carbonyl (C=O) groups is 2. The average Bonchev–Trinajstić information content (AvgIpc) is 3.65. The minimum Gasteiger partial charge on any atom is -0.496 e. The number of aliphatic hydroxyl groups is 1. The number of methoxy groups -OCH3 is 1. The zero-order chi connectivity index (χ0) is 29.8. The van der Waals surface area contributed by atoms with Crippen molar-refractivity contribution in [1.29, 1.82) is 0 Å². The first-order valence-corrected chi connectivity index (χ1v) is 13.5. The van der Waals surface area contributed by atoms with Gasteiger partial charge in [-0.2, -0.15) is 10.2 Å². The van der Waals surface area contributed by atoms with Gasteiger partial charge in [-0.05, 0) is 43.5 Å². The minimum atomic E-state index is -0.961. The average molecular weight is 589 g/mol. The highest BCUT2D eigenvalue weighted by Gasteiger charge is 2.34. The normalized spacial score (nSPS) is 14.8. The molecule has 2 N–H and O–H groups in total. The molecule has 4 aromatic rings. The number of carboxylic acids is 1. The maximum absolute atomic E-state index is 13.9. The van der Waals surface area contributed by atoms with Crippen LogP contribution in [0.1, 0.15) is 30.0 Å². The monoisotopic (exact) mass is 588 g/mol. The number of rotatable bonds is 8. The van der Waals surface area contributed by atoms with Gasteiger partial charge in [-0.15, -0.1) is 4.80 Å². The van der Waals surface area contributed by atoms with Gasteiger partial charge in [-0.3, -0.25) is 19.0 Å². The van der Waals surface area contributed by atoms with Crippen LogP contribution < -0.4 is 16.0 Å². The van der Waals surface area contributed by atoms with Gasteiger partial charge in [-0.1, -0.05) is 11.3 Å². The predicted octanol–water partition coefficient (Wildman–Crippen LogP) is 1.36. The number of thiophene rings is 1. The van der Waals surface area contributed by atoms with Crippen LogP contribution in [0, 0.1) is 12.7 Å². The van der Waals surface area contributed by atoms with E-state index in [1.165, 1.54) is 63.3 Å². The molecule has 0 saturated carbocycles. The van der Waals surface area contributed by atoms with Crippen LogP contribution in [0.25, 0.3) is 15.2 Å². The lowest BCUT2D eigenvalue weighted by Gasteiger charge is -2.17. The van der Waals surface area contributed by atoms with E-state index < -0.39 is 29.1 Å². The highest BCUT2D eigenvalue weighted by molar-refractivity contribution is 7.21. The topological polar surface area (TPSA) is 162 Å². The van der Waals surface area contributed by atoms with E-state index in [4.69, 9.17) is 14.9 Å². The summed E-state index contributed by atoms with van der Waals surface area (Å²) >= 11 is 1.22. The van der Waals surface area contributed by atoms with Crippen LogP contribution in [0.2, 0.25) is 0 Å². The van der Waals surface area contributed by atoms with Crippen LogP contribution in [0.15, 0.2) is 40.2 Å². The number of fused-ring (bicyclic) bond motifs is 1. The fraction of sp³-hybridized carbons (Fsp3) is 0.385. The Kier molecular flexibility index (Phi) is 8.98. The molecule has 1 aliphatic rings. The van der Waals surface area contributed by atoms with Crippen molar-refractivity contribution in [1.82, 2.24) is 29.0 Å². The highest BCUT2D eigenvalue weighted by Crippen LogP contribution is 2.31. The molecule has 218 valence electrons. The van der Waals surface area contributed by atoms with E-state index in [0.29, 0.717) is 45.1 Å². The fourth-order valence-electron chi connectivity index (χ4n) is 4.65. The Morgan fingerprint density at radius 1 is 1.22 bits per heavy atom. The molecule has 1 fully saturated rings. The number of aromatic nitrogens is 5. The van der Waals surface area contributed by atoms with Crippen molar-refractivity contribution in [3.05, 3.63) is 68.4 Å². The molecule has 1 aliphatic heterocycles. The van der Waals surface area contributed by atoms with Crippen molar-refractivity contribution in [2.45, 2.75) is 38.8 Å². The number of carbonyl (C=O) groups excluding carboxylic acids is 1. The summed E-state index contributed by atoms with van der Waals surface area (Å²) < 4.78 is 21.8. The molecule has 3 aromatic heterocycles. The number of ether oxygens (including phenoxy) is 1. The third kappa shape index (κ3) is 5.90.